The van der Waals surface area contributed by atoms with Crippen molar-refractivity contribution in [1.29, 1.82) is 0 Å². The third-order valence-electron chi connectivity index (χ3n) is 3.05. The number of thiophene rings is 1. The van der Waals surface area contributed by atoms with Crippen molar-refractivity contribution in [3.05, 3.63) is 17.8 Å². The molecule has 0 aliphatic heterocycles. The van der Waals surface area contributed by atoms with Gasteiger partial charge in [0.1, 0.15) is 12.1 Å². The van der Waals surface area contributed by atoms with E-state index in [1.807, 2.05) is 11.4 Å². The molecule has 0 aromatic carbocycles. The SMILES string of the molecule is O=C(O)CCN(c1ncnc2ccsc12)C1CC1. The quantitative estimate of drug-likeness (QED) is 0.895. The van der Waals surface area contributed by atoms with Gasteiger partial charge in [-0.15, -0.1) is 11.3 Å². The van der Waals surface area contributed by atoms with Gasteiger partial charge in [0.2, 0.25) is 0 Å². The molecular formula is C12H13N3O2S. The van der Waals surface area contributed by atoms with E-state index in [-0.39, 0.29) is 6.42 Å². The second-order valence-corrected chi connectivity index (χ2v) is 5.32. The molecule has 0 bridgehead atoms. The largest absolute Gasteiger partial charge is 0.481 e. The summed E-state index contributed by atoms with van der Waals surface area (Å²) in [5.41, 5.74) is 0.936. The van der Waals surface area contributed by atoms with Gasteiger partial charge in [0.15, 0.2) is 0 Å². The van der Waals surface area contributed by atoms with Gasteiger partial charge in [0, 0.05) is 12.6 Å². The van der Waals surface area contributed by atoms with E-state index in [9.17, 15) is 4.79 Å². The number of carboxylic acid groups (broad SMARTS) is 1. The molecule has 5 nitrogen and oxygen atoms in total. The lowest BCUT2D eigenvalue weighted by molar-refractivity contribution is -0.136. The molecule has 0 spiro atoms. The van der Waals surface area contributed by atoms with Gasteiger partial charge in [-0.05, 0) is 24.3 Å². The minimum absolute atomic E-state index is 0.146. The zero-order valence-electron chi connectivity index (χ0n) is 9.74. The molecule has 1 N–H and O–H groups in total. The Bertz CT molecular complexity index is 579. The number of aliphatic carboxylic acids is 1. The molecule has 3 rings (SSSR count). The van der Waals surface area contributed by atoms with Gasteiger partial charge in [-0.2, -0.15) is 0 Å². The number of anilines is 1. The monoisotopic (exact) mass is 263 g/mol. The van der Waals surface area contributed by atoms with E-state index in [4.69, 9.17) is 5.11 Å². The summed E-state index contributed by atoms with van der Waals surface area (Å²) in [6, 6.07) is 2.41. The first-order valence-electron chi connectivity index (χ1n) is 5.92. The first-order chi connectivity index (χ1) is 8.75. The first-order valence-corrected chi connectivity index (χ1v) is 6.80. The number of hydrogen-bond donors (Lipinski definition) is 1. The molecule has 2 aromatic rings. The Morgan fingerprint density at radius 2 is 2.33 bits per heavy atom. The number of aromatic nitrogens is 2. The van der Waals surface area contributed by atoms with Crippen molar-refractivity contribution in [1.82, 2.24) is 9.97 Å². The summed E-state index contributed by atoms with van der Waals surface area (Å²) in [4.78, 5) is 21.4. The Hall–Kier alpha value is -1.69. The molecule has 1 aliphatic carbocycles. The molecule has 94 valence electrons. The summed E-state index contributed by atoms with van der Waals surface area (Å²) in [6.07, 6.45) is 3.95. The van der Waals surface area contributed by atoms with Gasteiger partial charge in [-0.3, -0.25) is 4.79 Å². The molecule has 0 atom stereocenters. The van der Waals surface area contributed by atoms with Crippen molar-refractivity contribution < 1.29 is 9.90 Å². The van der Waals surface area contributed by atoms with E-state index in [0.29, 0.717) is 12.6 Å². The van der Waals surface area contributed by atoms with Crippen LogP contribution in [0.4, 0.5) is 5.82 Å². The standard InChI is InChI=1S/C12H13N3O2S/c16-10(17)3-5-15(8-1-2-8)12-11-9(4-6-18-11)13-7-14-12/h4,6-8H,1-3,5H2,(H,16,17). The summed E-state index contributed by atoms with van der Waals surface area (Å²) >= 11 is 1.61. The van der Waals surface area contributed by atoms with Crippen LogP contribution in [0.3, 0.4) is 0 Å². The molecule has 0 saturated heterocycles. The van der Waals surface area contributed by atoms with E-state index < -0.39 is 5.97 Å². The van der Waals surface area contributed by atoms with Crippen LogP contribution in [0.1, 0.15) is 19.3 Å². The first kappa shape index (κ1) is 11.4. The summed E-state index contributed by atoms with van der Waals surface area (Å²) in [5.74, 6) is 0.121. The van der Waals surface area contributed by atoms with Crippen LogP contribution in [0.5, 0.6) is 0 Å². The minimum Gasteiger partial charge on any atom is -0.481 e. The zero-order chi connectivity index (χ0) is 12.5. The zero-order valence-corrected chi connectivity index (χ0v) is 10.6. The van der Waals surface area contributed by atoms with Crippen LogP contribution < -0.4 is 4.90 Å². The third kappa shape index (κ3) is 2.15. The molecule has 6 heteroatoms. The van der Waals surface area contributed by atoms with Crippen molar-refractivity contribution in [2.24, 2.45) is 0 Å². The van der Waals surface area contributed by atoms with Gasteiger partial charge >= 0.3 is 5.97 Å². The van der Waals surface area contributed by atoms with Crippen molar-refractivity contribution in [3.63, 3.8) is 0 Å². The smallest absolute Gasteiger partial charge is 0.305 e. The van der Waals surface area contributed by atoms with E-state index in [2.05, 4.69) is 14.9 Å². The normalized spacial score (nSPS) is 14.9. The molecule has 2 aromatic heterocycles. The molecule has 0 amide bonds. The number of hydrogen-bond acceptors (Lipinski definition) is 5. The average molecular weight is 263 g/mol. The molecular weight excluding hydrogens is 250 g/mol. The lowest BCUT2D eigenvalue weighted by Crippen LogP contribution is -2.29. The molecule has 1 fully saturated rings. The number of fused-ring (bicyclic) bond motifs is 1. The van der Waals surface area contributed by atoms with Gasteiger partial charge in [0.05, 0.1) is 16.6 Å². The number of carbonyl (C=O) groups is 1. The highest BCUT2D eigenvalue weighted by molar-refractivity contribution is 7.17. The Morgan fingerprint density at radius 3 is 3.06 bits per heavy atom. The highest BCUT2D eigenvalue weighted by Gasteiger charge is 2.31. The fourth-order valence-electron chi connectivity index (χ4n) is 2.04. The molecule has 1 saturated carbocycles. The van der Waals surface area contributed by atoms with Gasteiger partial charge in [-0.1, -0.05) is 0 Å². The van der Waals surface area contributed by atoms with Crippen molar-refractivity contribution in [2.45, 2.75) is 25.3 Å². The van der Waals surface area contributed by atoms with Crippen LogP contribution in [-0.4, -0.2) is 33.6 Å². The topological polar surface area (TPSA) is 66.3 Å². The summed E-state index contributed by atoms with van der Waals surface area (Å²) in [7, 11) is 0. The molecule has 18 heavy (non-hydrogen) atoms. The van der Waals surface area contributed by atoms with E-state index in [1.54, 1.807) is 17.7 Å². The fourth-order valence-corrected chi connectivity index (χ4v) is 2.89. The predicted octanol–water partition coefficient (Wildman–Crippen LogP) is 2.13. The van der Waals surface area contributed by atoms with Crippen LogP contribution in [-0.2, 0) is 4.79 Å². The Balaban J connectivity index is 1.93. The van der Waals surface area contributed by atoms with Gasteiger partial charge in [0.25, 0.3) is 0 Å². The lowest BCUT2D eigenvalue weighted by Gasteiger charge is -2.22. The summed E-state index contributed by atoms with van der Waals surface area (Å²) in [6.45, 7) is 0.518. The van der Waals surface area contributed by atoms with Gasteiger partial charge < -0.3 is 10.0 Å². The number of rotatable bonds is 5. The van der Waals surface area contributed by atoms with Crippen molar-refractivity contribution >= 4 is 33.3 Å². The van der Waals surface area contributed by atoms with Crippen molar-refractivity contribution in [2.75, 3.05) is 11.4 Å². The van der Waals surface area contributed by atoms with Gasteiger partial charge in [-0.25, -0.2) is 9.97 Å². The number of nitrogens with zero attached hydrogens (tertiary/aromatic N) is 3. The van der Waals surface area contributed by atoms with Crippen molar-refractivity contribution in [3.8, 4) is 0 Å². The predicted molar refractivity (Wildman–Crippen MR) is 70.0 cm³/mol. The molecule has 1 aliphatic rings. The van der Waals surface area contributed by atoms with Crippen LogP contribution in [0.15, 0.2) is 17.8 Å². The van der Waals surface area contributed by atoms with E-state index >= 15 is 0 Å². The Kier molecular flexibility index (Phi) is 2.87. The van der Waals surface area contributed by atoms with E-state index in [1.165, 1.54) is 0 Å². The molecule has 0 unspecified atom stereocenters. The minimum atomic E-state index is -0.767. The van der Waals surface area contributed by atoms with Crippen LogP contribution >= 0.6 is 11.3 Å². The second kappa shape index (κ2) is 4.53. The summed E-state index contributed by atoms with van der Waals surface area (Å²) in [5, 5.41) is 10.8. The molecule has 0 radical (unpaired) electrons. The Labute approximate surface area is 108 Å². The summed E-state index contributed by atoms with van der Waals surface area (Å²) < 4.78 is 1.05. The molecule has 2 heterocycles. The van der Waals surface area contributed by atoms with E-state index in [0.717, 1.165) is 28.9 Å². The highest BCUT2D eigenvalue weighted by Crippen LogP contribution is 2.35. The van der Waals surface area contributed by atoms with Crippen LogP contribution in [0.25, 0.3) is 10.2 Å². The highest BCUT2D eigenvalue weighted by atomic mass is 32.1. The lowest BCUT2D eigenvalue weighted by atomic mass is 10.3. The van der Waals surface area contributed by atoms with Crippen LogP contribution in [0.2, 0.25) is 0 Å². The maximum Gasteiger partial charge on any atom is 0.305 e. The third-order valence-corrected chi connectivity index (χ3v) is 3.95. The number of carboxylic acids is 1. The second-order valence-electron chi connectivity index (χ2n) is 4.40. The average Bonchev–Trinajstić information content (AvgIpc) is 3.06. The van der Waals surface area contributed by atoms with Crippen LogP contribution in [0, 0.1) is 0 Å². The maximum atomic E-state index is 10.7. The Morgan fingerprint density at radius 1 is 1.50 bits per heavy atom. The maximum absolute atomic E-state index is 10.7. The fraction of sp³-hybridized carbons (Fsp3) is 0.417.